The Morgan fingerprint density at radius 1 is 0.955 bits per heavy atom. The van der Waals surface area contributed by atoms with Crippen molar-refractivity contribution in [3.8, 4) is 0 Å². The number of aliphatic hydroxyl groups excluding tert-OH is 2. The van der Waals surface area contributed by atoms with E-state index in [9.17, 15) is 5.11 Å². The van der Waals surface area contributed by atoms with Crippen molar-refractivity contribution in [1.82, 2.24) is 0 Å². The molecule has 132 valence electrons. The summed E-state index contributed by atoms with van der Waals surface area (Å²) in [5, 5.41) is 18.3. The second-order valence-corrected chi connectivity index (χ2v) is 6.68. The van der Waals surface area contributed by atoms with Crippen molar-refractivity contribution in [2.24, 2.45) is 11.7 Å². The summed E-state index contributed by atoms with van der Waals surface area (Å²) >= 11 is 0. The van der Waals surface area contributed by atoms with Crippen molar-refractivity contribution < 1.29 is 10.2 Å². The van der Waals surface area contributed by atoms with E-state index in [4.69, 9.17) is 10.8 Å². The fraction of sp³-hybridized carbons (Fsp3) is 0.895. The van der Waals surface area contributed by atoms with Crippen LogP contribution in [0.2, 0.25) is 0 Å². The summed E-state index contributed by atoms with van der Waals surface area (Å²) in [5.41, 5.74) is 5.52. The first kappa shape index (κ1) is 21.6. The molecule has 3 atom stereocenters. The first-order chi connectivity index (χ1) is 10.6. The van der Waals surface area contributed by atoms with Crippen LogP contribution in [0.4, 0.5) is 0 Å². The lowest BCUT2D eigenvalue weighted by Gasteiger charge is -2.11. The maximum atomic E-state index is 9.54. The van der Waals surface area contributed by atoms with Gasteiger partial charge in [-0.25, -0.2) is 0 Å². The monoisotopic (exact) mass is 313 g/mol. The zero-order valence-electron chi connectivity index (χ0n) is 14.8. The quantitative estimate of drug-likeness (QED) is 0.314. The Morgan fingerprint density at radius 2 is 1.50 bits per heavy atom. The smallest absolute Gasteiger partial charge is 0.0894 e. The van der Waals surface area contributed by atoms with Gasteiger partial charge >= 0.3 is 0 Å². The zero-order valence-corrected chi connectivity index (χ0v) is 14.8. The molecule has 0 amide bonds. The number of nitrogens with two attached hydrogens (primary N) is 1. The molecule has 0 radical (unpaired) electrons. The molecule has 3 nitrogen and oxygen atoms in total. The Hall–Kier alpha value is -0.380. The van der Waals surface area contributed by atoms with E-state index < -0.39 is 12.1 Å². The van der Waals surface area contributed by atoms with Gasteiger partial charge in [0.2, 0.25) is 0 Å². The molecule has 0 aliphatic carbocycles. The summed E-state index contributed by atoms with van der Waals surface area (Å²) in [5.74, 6) is 0.901. The van der Waals surface area contributed by atoms with E-state index in [2.05, 4.69) is 13.8 Å². The molecule has 0 aromatic heterocycles. The highest BCUT2D eigenvalue weighted by Gasteiger charge is 2.08. The molecule has 0 fully saturated rings. The highest BCUT2D eigenvalue weighted by atomic mass is 16.3. The topological polar surface area (TPSA) is 66.5 Å². The number of unbranched alkanes of at least 4 members (excludes halogenated alkanes) is 8. The summed E-state index contributed by atoms with van der Waals surface area (Å²) < 4.78 is 0. The summed E-state index contributed by atoms with van der Waals surface area (Å²) in [6, 6.07) is -0.559. The van der Waals surface area contributed by atoms with E-state index >= 15 is 0 Å². The second-order valence-electron chi connectivity index (χ2n) is 6.68. The lowest BCUT2D eigenvalue weighted by atomic mass is 9.99. The normalized spacial score (nSPS) is 16.0. The van der Waals surface area contributed by atoms with Crippen LogP contribution in [0.15, 0.2) is 12.2 Å². The first-order valence-corrected chi connectivity index (χ1v) is 9.33. The average molecular weight is 314 g/mol. The predicted molar refractivity (Wildman–Crippen MR) is 95.8 cm³/mol. The molecule has 4 N–H and O–H groups in total. The van der Waals surface area contributed by atoms with E-state index in [-0.39, 0.29) is 6.61 Å². The molecule has 0 saturated carbocycles. The van der Waals surface area contributed by atoms with E-state index in [1.54, 1.807) is 6.08 Å². The lowest BCUT2D eigenvalue weighted by molar-refractivity contribution is 0.144. The Labute approximate surface area is 138 Å². The van der Waals surface area contributed by atoms with Crippen LogP contribution < -0.4 is 5.73 Å². The fourth-order valence-electron chi connectivity index (χ4n) is 2.51. The van der Waals surface area contributed by atoms with Gasteiger partial charge in [0.15, 0.2) is 0 Å². The van der Waals surface area contributed by atoms with E-state index in [0.717, 1.165) is 12.3 Å². The van der Waals surface area contributed by atoms with Crippen LogP contribution >= 0.6 is 0 Å². The third kappa shape index (κ3) is 13.3. The Balaban J connectivity index is 3.25. The van der Waals surface area contributed by atoms with Gasteiger partial charge in [0, 0.05) is 0 Å². The van der Waals surface area contributed by atoms with Crippen molar-refractivity contribution in [1.29, 1.82) is 0 Å². The molecule has 0 spiro atoms. The number of aliphatic hydroxyl groups is 2. The Morgan fingerprint density at radius 3 is 2.05 bits per heavy atom. The van der Waals surface area contributed by atoms with Crippen molar-refractivity contribution in [3.05, 3.63) is 12.2 Å². The maximum Gasteiger partial charge on any atom is 0.0894 e. The van der Waals surface area contributed by atoms with Crippen LogP contribution in [0.1, 0.15) is 84.5 Å². The van der Waals surface area contributed by atoms with Crippen molar-refractivity contribution in [2.75, 3.05) is 6.61 Å². The number of hydrogen-bond donors (Lipinski definition) is 3. The fourth-order valence-corrected chi connectivity index (χ4v) is 2.51. The van der Waals surface area contributed by atoms with Gasteiger partial charge in [-0.05, 0) is 18.8 Å². The van der Waals surface area contributed by atoms with E-state index in [1.807, 2.05) is 6.08 Å². The summed E-state index contributed by atoms with van der Waals surface area (Å²) in [6.45, 7) is 4.45. The highest BCUT2D eigenvalue weighted by Crippen LogP contribution is 2.15. The Bertz CT molecular complexity index is 256. The molecule has 0 saturated heterocycles. The molecule has 0 bridgehead atoms. The van der Waals surface area contributed by atoms with Crippen LogP contribution in [0.3, 0.4) is 0 Å². The molecule has 3 heteroatoms. The number of rotatable bonds is 15. The number of allylic oxidation sites excluding steroid dienone is 1. The molecule has 0 rings (SSSR count). The van der Waals surface area contributed by atoms with Crippen LogP contribution in [0, 0.1) is 5.92 Å². The van der Waals surface area contributed by atoms with Crippen LogP contribution in [0.5, 0.6) is 0 Å². The third-order valence-electron chi connectivity index (χ3n) is 4.50. The van der Waals surface area contributed by atoms with Gasteiger partial charge in [-0.3, -0.25) is 0 Å². The van der Waals surface area contributed by atoms with Gasteiger partial charge in [-0.2, -0.15) is 0 Å². The largest absolute Gasteiger partial charge is 0.395 e. The van der Waals surface area contributed by atoms with Gasteiger partial charge in [0.1, 0.15) is 0 Å². The summed E-state index contributed by atoms with van der Waals surface area (Å²) in [6.07, 6.45) is 17.3. The van der Waals surface area contributed by atoms with E-state index in [0.29, 0.717) is 0 Å². The standard InChI is InChI=1S/C19H39NO2/c1-3-17(2)14-12-10-8-6-4-5-7-9-11-13-15-19(22)18(20)16-21/h13,15,17-19,21-22H,3-12,14,16,20H2,1-2H3/b15-13+/t17-,18+,19-/m1/s1. The van der Waals surface area contributed by atoms with Crippen LogP contribution in [-0.2, 0) is 0 Å². The van der Waals surface area contributed by atoms with Gasteiger partial charge in [0.05, 0.1) is 18.8 Å². The van der Waals surface area contributed by atoms with Crippen LogP contribution in [0.25, 0.3) is 0 Å². The summed E-state index contributed by atoms with van der Waals surface area (Å²) in [4.78, 5) is 0. The first-order valence-electron chi connectivity index (χ1n) is 9.33. The zero-order chi connectivity index (χ0) is 16.6. The van der Waals surface area contributed by atoms with Crippen molar-refractivity contribution in [3.63, 3.8) is 0 Å². The van der Waals surface area contributed by atoms with Crippen molar-refractivity contribution in [2.45, 2.75) is 96.6 Å². The second kappa shape index (κ2) is 15.5. The van der Waals surface area contributed by atoms with E-state index in [1.165, 1.54) is 64.2 Å². The average Bonchev–Trinajstić information content (AvgIpc) is 2.54. The van der Waals surface area contributed by atoms with Crippen LogP contribution in [-0.4, -0.2) is 29.0 Å². The molecular formula is C19H39NO2. The minimum atomic E-state index is -0.722. The molecule has 0 aliphatic rings. The molecule has 0 unspecified atom stereocenters. The molecule has 0 aliphatic heterocycles. The summed E-state index contributed by atoms with van der Waals surface area (Å²) in [7, 11) is 0. The number of hydrogen-bond acceptors (Lipinski definition) is 3. The van der Waals surface area contributed by atoms with Gasteiger partial charge < -0.3 is 15.9 Å². The van der Waals surface area contributed by atoms with Gasteiger partial charge in [0.25, 0.3) is 0 Å². The third-order valence-corrected chi connectivity index (χ3v) is 4.50. The highest BCUT2D eigenvalue weighted by molar-refractivity contribution is 4.93. The minimum Gasteiger partial charge on any atom is -0.395 e. The minimum absolute atomic E-state index is 0.178. The van der Waals surface area contributed by atoms with Crippen molar-refractivity contribution >= 4 is 0 Å². The molecule has 0 heterocycles. The SMILES string of the molecule is CC[C@@H](C)CCCCCCCCCC/C=C/[C@@H](O)[C@@H](N)CO. The molecular weight excluding hydrogens is 274 g/mol. The molecule has 0 aromatic carbocycles. The maximum absolute atomic E-state index is 9.54. The Kier molecular flexibility index (Phi) is 15.2. The lowest BCUT2D eigenvalue weighted by Crippen LogP contribution is -2.36. The van der Waals surface area contributed by atoms with Gasteiger partial charge in [-0.1, -0.05) is 83.8 Å². The molecule has 22 heavy (non-hydrogen) atoms. The predicted octanol–water partition coefficient (Wildman–Crippen LogP) is 4.17. The molecule has 0 aromatic rings. The van der Waals surface area contributed by atoms with Gasteiger partial charge in [-0.15, -0.1) is 0 Å².